The number of hydrogen-bond donors (Lipinski definition) is 1. The summed E-state index contributed by atoms with van der Waals surface area (Å²) in [4.78, 5) is 10.0. The van der Waals surface area contributed by atoms with Gasteiger partial charge in [-0.15, -0.1) is 0 Å². The van der Waals surface area contributed by atoms with Crippen molar-refractivity contribution in [1.82, 2.24) is 4.57 Å². The van der Waals surface area contributed by atoms with Gasteiger partial charge in [-0.1, -0.05) is 0 Å². The average molecular weight is 200 g/mol. The second-order valence-corrected chi connectivity index (χ2v) is 2.89. The van der Waals surface area contributed by atoms with E-state index in [1.807, 2.05) is 0 Å². The Morgan fingerprint density at radius 2 is 2.50 bits per heavy atom. The van der Waals surface area contributed by atoms with E-state index in [1.54, 1.807) is 12.3 Å². The SMILES string of the molecule is COCC(O)Cn1cccc1[N+](=O)[O-]. The summed E-state index contributed by atoms with van der Waals surface area (Å²) in [6, 6.07) is 2.96. The highest BCUT2D eigenvalue weighted by Crippen LogP contribution is 2.12. The van der Waals surface area contributed by atoms with Crippen LogP contribution in [0.5, 0.6) is 0 Å². The van der Waals surface area contributed by atoms with Gasteiger partial charge in [0.1, 0.15) is 12.6 Å². The third-order valence-corrected chi connectivity index (χ3v) is 1.76. The van der Waals surface area contributed by atoms with Crippen LogP contribution in [-0.2, 0) is 11.3 Å². The number of hydrogen-bond acceptors (Lipinski definition) is 4. The van der Waals surface area contributed by atoms with E-state index < -0.39 is 11.0 Å². The fourth-order valence-corrected chi connectivity index (χ4v) is 1.20. The van der Waals surface area contributed by atoms with E-state index in [1.165, 1.54) is 17.7 Å². The van der Waals surface area contributed by atoms with Crippen LogP contribution in [0.1, 0.15) is 0 Å². The summed E-state index contributed by atoms with van der Waals surface area (Å²) >= 11 is 0. The Morgan fingerprint density at radius 3 is 3.07 bits per heavy atom. The van der Waals surface area contributed by atoms with Gasteiger partial charge in [-0.3, -0.25) is 0 Å². The zero-order chi connectivity index (χ0) is 10.6. The second kappa shape index (κ2) is 4.73. The lowest BCUT2D eigenvalue weighted by molar-refractivity contribution is -0.392. The second-order valence-electron chi connectivity index (χ2n) is 2.89. The molecule has 0 aliphatic rings. The summed E-state index contributed by atoms with van der Waals surface area (Å²) in [7, 11) is 1.47. The Bertz CT molecular complexity index is 310. The zero-order valence-corrected chi connectivity index (χ0v) is 7.79. The van der Waals surface area contributed by atoms with E-state index >= 15 is 0 Å². The Kier molecular flexibility index (Phi) is 3.61. The third kappa shape index (κ3) is 2.54. The van der Waals surface area contributed by atoms with Crippen molar-refractivity contribution < 1.29 is 14.8 Å². The van der Waals surface area contributed by atoms with Crippen LogP contribution in [0.25, 0.3) is 0 Å². The van der Waals surface area contributed by atoms with E-state index in [-0.39, 0.29) is 19.0 Å². The third-order valence-electron chi connectivity index (χ3n) is 1.76. The van der Waals surface area contributed by atoms with Crippen molar-refractivity contribution in [2.24, 2.45) is 0 Å². The number of aromatic nitrogens is 1. The lowest BCUT2D eigenvalue weighted by atomic mass is 10.4. The van der Waals surface area contributed by atoms with Crippen LogP contribution in [0.3, 0.4) is 0 Å². The molecule has 0 saturated heterocycles. The minimum Gasteiger partial charge on any atom is -0.387 e. The summed E-state index contributed by atoms with van der Waals surface area (Å²) in [5.74, 6) is -0.0276. The van der Waals surface area contributed by atoms with Crippen molar-refractivity contribution >= 4 is 5.82 Å². The summed E-state index contributed by atoms with van der Waals surface area (Å²) in [6.45, 7) is 0.326. The molecule has 0 aromatic carbocycles. The van der Waals surface area contributed by atoms with Gasteiger partial charge in [0, 0.05) is 13.2 Å². The highest BCUT2D eigenvalue weighted by molar-refractivity contribution is 5.21. The van der Waals surface area contributed by atoms with E-state index in [2.05, 4.69) is 0 Å². The van der Waals surface area contributed by atoms with Gasteiger partial charge in [-0.25, -0.2) is 4.57 Å². The van der Waals surface area contributed by atoms with E-state index in [0.717, 1.165) is 0 Å². The smallest absolute Gasteiger partial charge is 0.323 e. The summed E-state index contributed by atoms with van der Waals surface area (Å²) in [5, 5.41) is 19.9. The molecule has 1 heterocycles. The van der Waals surface area contributed by atoms with Gasteiger partial charge in [-0.05, 0) is 11.0 Å². The molecule has 1 atom stereocenters. The quantitative estimate of drug-likeness (QED) is 0.551. The number of nitrogens with zero attached hydrogens (tertiary/aromatic N) is 2. The molecule has 0 saturated carbocycles. The molecule has 0 aliphatic carbocycles. The van der Waals surface area contributed by atoms with E-state index in [4.69, 9.17) is 4.74 Å². The molecule has 1 unspecified atom stereocenters. The molecule has 1 rings (SSSR count). The highest BCUT2D eigenvalue weighted by Gasteiger charge is 2.15. The lowest BCUT2D eigenvalue weighted by Gasteiger charge is -2.07. The minimum absolute atomic E-state index is 0.0276. The van der Waals surface area contributed by atoms with Gasteiger partial charge in [0.15, 0.2) is 0 Å². The molecule has 0 aliphatic heterocycles. The van der Waals surface area contributed by atoms with Gasteiger partial charge < -0.3 is 20.0 Å². The molecule has 0 fully saturated rings. The van der Waals surface area contributed by atoms with Crippen molar-refractivity contribution in [3.05, 3.63) is 28.4 Å². The van der Waals surface area contributed by atoms with Crippen molar-refractivity contribution in [3.8, 4) is 0 Å². The zero-order valence-electron chi connectivity index (χ0n) is 7.79. The van der Waals surface area contributed by atoms with Crippen LogP contribution >= 0.6 is 0 Å². The van der Waals surface area contributed by atoms with Gasteiger partial charge in [-0.2, -0.15) is 0 Å². The molecule has 78 valence electrons. The first-order valence-electron chi connectivity index (χ1n) is 4.11. The standard InChI is InChI=1S/C8H12N2O4/c1-14-6-7(11)5-9-4-2-3-8(9)10(12)13/h2-4,7,11H,5-6H2,1H3. The summed E-state index contributed by atoms with van der Waals surface area (Å²) < 4.78 is 6.10. The predicted molar refractivity (Wildman–Crippen MR) is 49.0 cm³/mol. The van der Waals surface area contributed by atoms with Crippen LogP contribution in [0.4, 0.5) is 5.82 Å². The maximum Gasteiger partial charge on any atom is 0.323 e. The van der Waals surface area contributed by atoms with E-state index in [0.29, 0.717) is 0 Å². The molecule has 1 N–H and O–H groups in total. The average Bonchev–Trinajstić information content (AvgIpc) is 2.52. The van der Waals surface area contributed by atoms with Crippen LogP contribution in [-0.4, -0.2) is 34.4 Å². The number of nitro groups is 1. The van der Waals surface area contributed by atoms with Gasteiger partial charge in [0.05, 0.1) is 12.8 Å². The molecular weight excluding hydrogens is 188 g/mol. The molecule has 6 heteroatoms. The van der Waals surface area contributed by atoms with Crippen molar-refractivity contribution in [3.63, 3.8) is 0 Å². The Labute approximate surface area is 80.9 Å². The molecule has 0 bridgehead atoms. The molecule has 1 aromatic heterocycles. The topological polar surface area (TPSA) is 77.5 Å². The van der Waals surface area contributed by atoms with Gasteiger partial charge in [0.25, 0.3) is 0 Å². The van der Waals surface area contributed by atoms with Crippen LogP contribution in [0, 0.1) is 10.1 Å². The lowest BCUT2D eigenvalue weighted by Crippen LogP contribution is -2.21. The number of aliphatic hydroxyl groups excluding tert-OH is 1. The predicted octanol–water partition coefficient (Wildman–Crippen LogP) is 0.404. The first-order valence-corrected chi connectivity index (χ1v) is 4.11. The fraction of sp³-hybridized carbons (Fsp3) is 0.500. The molecule has 0 spiro atoms. The summed E-state index contributed by atoms with van der Waals surface area (Å²) in [6.07, 6.45) is 0.822. The van der Waals surface area contributed by atoms with Crippen molar-refractivity contribution in [1.29, 1.82) is 0 Å². The Hall–Kier alpha value is -1.40. The van der Waals surface area contributed by atoms with Crippen LogP contribution in [0.2, 0.25) is 0 Å². The first-order chi connectivity index (χ1) is 6.65. The molecule has 14 heavy (non-hydrogen) atoms. The van der Waals surface area contributed by atoms with E-state index in [9.17, 15) is 15.2 Å². The molecule has 6 nitrogen and oxygen atoms in total. The number of aliphatic hydroxyl groups is 1. The van der Waals surface area contributed by atoms with Crippen molar-refractivity contribution in [2.75, 3.05) is 13.7 Å². The molecular formula is C8H12N2O4. The maximum atomic E-state index is 10.5. The Balaban J connectivity index is 2.66. The summed E-state index contributed by atoms with van der Waals surface area (Å²) in [5.41, 5.74) is 0. The number of methoxy groups -OCH3 is 1. The normalized spacial score (nSPS) is 12.7. The Morgan fingerprint density at radius 1 is 1.79 bits per heavy atom. The number of ether oxygens (including phenoxy) is 1. The van der Waals surface area contributed by atoms with Crippen LogP contribution in [0.15, 0.2) is 18.3 Å². The van der Waals surface area contributed by atoms with Crippen molar-refractivity contribution in [2.45, 2.75) is 12.6 Å². The monoisotopic (exact) mass is 200 g/mol. The largest absolute Gasteiger partial charge is 0.387 e. The number of rotatable bonds is 5. The molecule has 1 aromatic rings. The maximum absolute atomic E-state index is 10.5. The van der Waals surface area contributed by atoms with Gasteiger partial charge in [0.2, 0.25) is 0 Å². The fourth-order valence-electron chi connectivity index (χ4n) is 1.20. The van der Waals surface area contributed by atoms with Crippen LogP contribution < -0.4 is 0 Å². The molecule has 0 amide bonds. The minimum atomic E-state index is -0.730. The highest BCUT2D eigenvalue weighted by atomic mass is 16.6. The first kappa shape index (κ1) is 10.7. The van der Waals surface area contributed by atoms with Gasteiger partial charge >= 0.3 is 5.82 Å². The molecule has 0 radical (unpaired) electrons.